The van der Waals surface area contributed by atoms with Crippen LogP contribution in [0.4, 0.5) is 8.78 Å². The molecule has 1 aromatic rings. The monoisotopic (exact) mass is 305 g/mol. The van der Waals surface area contributed by atoms with Gasteiger partial charge in [-0.3, -0.25) is 4.79 Å². The van der Waals surface area contributed by atoms with E-state index in [1.54, 1.807) is 0 Å². The summed E-state index contributed by atoms with van der Waals surface area (Å²) in [7, 11) is -3.06. The number of alkyl halides is 2. The van der Waals surface area contributed by atoms with E-state index in [0.717, 1.165) is 0 Å². The van der Waals surface area contributed by atoms with Gasteiger partial charge in [0.1, 0.15) is 5.75 Å². The Balaban J connectivity index is 1.96. The molecule has 2 rings (SSSR count). The van der Waals surface area contributed by atoms with Crippen molar-refractivity contribution in [3.8, 4) is 5.75 Å². The lowest BCUT2D eigenvalue weighted by Gasteiger charge is -2.11. The van der Waals surface area contributed by atoms with Crippen molar-refractivity contribution in [2.75, 3.05) is 11.5 Å². The molecule has 1 aromatic carbocycles. The standard InChI is InChI=1S/C12H13F2NO4S/c13-12(14)19-10-3-1-8(2-4-10)11(16)15-9-5-6-20(17,18)7-9/h1-4,9,12H,5-7H2,(H,15,16). The zero-order chi connectivity index (χ0) is 14.8. The molecule has 1 aliphatic rings. The summed E-state index contributed by atoms with van der Waals surface area (Å²) in [5.74, 6) is -0.472. The molecule has 1 saturated heterocycles. The fourth-order valence-electron chi connectivity index (χ4n) is 1.97. The third-order valence-electron chi connectivity index (χ3n) is 2.91. The molecule has 1 N–H and O–H groups in total. The Morgan fingerprint density at radius 1 is 1.30 bits per heavy atom. The van der Waals surface area contributed by atoms with Crippen LogP contribution in [-0.4, -0.2) is 38.5 Å². The van der Waals surface area contributed by atoms with Gasteiger partial charge in [-0.05, 0) is 30.7 Å². The number of rotatable bonds is 4. The lowest BCUT2D eigenvalue weighted by molar-refractivity contribution is -0.0498. The van der Waals surface area contributed by atoms with Crippen LogP contribution in [0.2, 0.25) is 0 Å². The van der Waals surface area contributed by atoms with E-state index < -0.39 is 28.4 Å². The minimum absolute atomic E-state index is 0.0417. The zero-order valence-corrected chi connectivity index (χ0v) is 11.2. The van der Waals surface area contributed by atoms with Gasteiger partial charge in [0.2, 0.25) is 0 Å². The van der Waals surface area contributed by atoms with Crippen molar-refractivity contribution in [2.24, 2.45) is 0 Å². The smallest absolute Gasteiger partial charge is 0.387 e. The summed E-state index contributed by atoms with van der Waals surface area (Å²) >= 11 is 0. The fraction of sp³-hybridized carbons (Fsp3) is 0.417. The molecule has 0 radical (unpaired) electrons. The lowest BCUT2D eigenvalue weighted by Crippen LogP contribution is -2.35. The quantitative estimate of drug-likeness (QED) is 0.907. The molecular weight excluding hydrogens is 292 g/mol. The predicted molar refractivity (Wildman–Crippen MR) is 67.6 cm³/mol. The summed E-state index contributed by atoms with van der Waals surface area (Å²) in [6, 6.07) is 4.80. The number of hydrogen-bond donors (Lipinski definition) is 1. The molecule has 0 aliphatic carbocycles. The third kappa shape index (κ3) is 3.89. The summed E-state index contributed by atoms with van der Waals surface area (Å²) < 4.78 is 50.6. The molecule has 0 saturated carbocycles. The molecule has 1 fully saturated rings. The van der Waals surface area contributed by atoms with Gasteiger partial charge in [0.25, 0.3) is 5.91 Å². The maximum Gasteiger partial charge on any atom is 0.387 e. The number of ether oxygens (including phenoxy) is 1. The Morgan fingerprint density at radius 3 is 2.45 bits per heavy atom. The molecule has 1 atom stereocenters. The van der Waals surface area contributed by atoms with E-state index in [4.69, 9.17) is 0 Å². The molecule has 1 unspecified atom stereocenters. The molecule has 0 aromatic heterocycles. The van der Waals surface area contributed by atoms with Gasteiger partial charge < -0.3 is 10.1 Å². The fourth-order valence-corrected chi connectivity index (χ4v) is 3.64. The molecule has 0 spiro atoms. The normalized spacial score (nSPS) is 20.9. The zero-order valence-electron chi connectivity index (χ0n) is 10.4. The lowest BCUT2D eigenvalue weighted by atomic mass is 10.2. The SMILES string of the molecule is O=C(NC1CCS(=O)(=O)C1)c1ccc(OC(F)F)cc1. The van der Waals surface area contributed by atoms with E-state index in [1.165, 1.54) is 24.3 Å². The van der Waals surface area contributed by atoms with E-state index >= 15 is 0 Å². The number of halogens is 2. The van der Waals surface area contributed by atoms with Crippen molar-refractivity contribution in [2.45, 2.75) is 19.1 Å². The van der Waals surface area contributed by atoms with Crippen LogP contribution in [0.3, 0.4) is 0 Å². The second kappa shape index (κ2) is 5.74. The van der Waals surface area contributed by atoms with Gasteiger partial charge >= 0.3 is 6.61 Å². The number of sulfone groups is 1. The summed E-state index contributed by atoms with van der Waals surface area (Å²) in [5, 5.41) is 2.60. The van der Waals surface area contributed by atoms with Crippen molar-refractivity contribution >= 4 is 15.7 Å². The highest BCUT2D eigenvalue weighted by atomic mass is 32.2. The van der Waals surface area contributed by atoms with Crippen molar-refractivity contribution < 1.29 is 26.7 Å². The Morgan fingerprint density at radius 2 is 1.95 bits per heavy atom. The number of carbonyl (C=O) groups is 1. The van der Waals surface area contributed by atoms with Crippen LogP contribution < -0.4 is 10.1 Å². The highest BCUT2D eigenvalue weighted by Gasteiger charge is 2.29. The van der Waals surface area contributed by atoms with E-state index in [0.29, 0.717) is 6.42 Å². The van der Waals surface area contributed by atoms with Crippen LogP contribution in [-0.2, 0) is 9.84 Å². The number of hydrogen-bond acceptors (Lipinski definition) is 4. The summed E-state index contributed by atoms with van der Waals surface area (Å²) in [5.41, 5.74) is 0.260. The van der Waals surface area contributed by atoms with Crippen LogP contribution >= 0.6 is 0 Å². The Hall–Kier alpha value is -1.70. The van der Waals surface area contributed by atoms with E-state index in [2.05, 4.69) is 10.1 Å². The molecule has 8 heteroatoms. The van der Waals surface area contributed by atoms with Crippen LogP contribution in [0, 0.1) is 0 Å². The summed E-state index contributed by atoms with van der Waals surface area (Å²) in [6.07, 6.45) is 0.390. The third-order valence-corrected chi connectivity index (χ3v) is 4.68. The molecule has 20 heavy (non-hydrogen) atoms. The molecule has 1 heterocycles. The average molecular weight is 305 g/mol. The molecule has 110 valence electrons. The molecular formula is C12H13F2NO4S. The van der Waals surface area contributed by atoms with Gasteiger partial charge in [-0.15, -0.1) is 0 Å². The van der Waals surface area contributed by atoms with Gasteiger partial charge in [-0.1, -0.05) is 0 Å². The second-order valence-corrected chi connectivity index (χ2v) is 6.71. The van der Waals surface area contributed by atoms with Crippen molar-refractivity contribution in [3.05, 3.63) is 29.8 Å². The van der Waals surface area contributed by atoms with Crippen LogP contribution in [0.25, 0.3) is 0 Å². The number of nitrogens with one attached hydrogen (secondary N) is 1. The first-order valence-corrected chi connectivity index (χ1v) is 7.74. The van der Waals surface area contributed by atoms with Gasteiger partial charge in [0, 0.05) is 11.6 Å². The molecule has 0 bridgehead atoms. The van der Waals surface area contributed by atoms with Crippen molar-refractivity contribution in [3.63, 3.8) is 0 Å². The van der Waals surface area contributed by atoms with Gasteiger partial charge in [-0.2, -0.15) is 8.78 Å². The Labute approximate surface area is 114 Å². The van der Waals surface area contributed by atoms with Crippen LogP contribution in [0.15, 0.2) is 24.3 Å². The summed E-state index contributed by atoms with van der Waals surface area (Å²) in [4.78, 5) is 11.9. The average Bonchev–Trinajstić information content (AvgIpc) is 2.68. The first kappa shape index (κ1) is 14.7. The Kier molecular flexibility index (Phi) is 4.22. The topological polar surface area (TPSA) is 72.5 Å². The summed E-state index contributed by atoms with van der Waals surface area (Å²) in [6.45, 7) is -2.92. The van der Waals surface area contributed by atoms with Crippen LogP contribution in [0.5, 0.6) is 5.75 Å². The second-order valence-electron chi connectivity index (χ2n) is 4.48. The molecule has 1 amide bonds. The van der Waals surface area contributed by atoms with Crippen LogP contribution in [0.1, 0.15) is 16.8 Å². The highest BCUT2D eigenvalue weighted by Crippen LogP contribution is 2.16. The Bertz CT molecular complexity index is 586. The highest BCUT2D eigenvalue weighted by molar-refractivity contribution is 7.91. The predicted octanol–water partition coefficient (Wildman–Crippen LogP) is 1.20. The number of benzene rings is 1. The minimum atomic E-state index is -3.06. The number of carbonyl (C=O) groups excluding carboxylic acids is 1. The van der Waals surface area contributed by atoms with E-state index in [1.807, 2.05) is 0 Å². The van der Waals surface area contributed by atoms with E-state index in [-0.39, 0.29) is 22.8 Å². The molecule has 5 nitrogen and oxygen atoms in total. The van der Waals surface area contributed by atoms with Gasteiger partial charge in [-0.25, -0.2) is 8.42 Å². The first-order chi connectivity index (χ1) is 9.35. The van der Waals surface area contributed by atoms with Gasteiger partial charge in [0.05, 0.1) is 11.5 Å². The van der Waals surface area contributed by atoms with E-state index in [9.17, 15) is 22.0 Å². The minimum Gasteiger partial charge on any atom is -0.435 e. The van der Waals surface area contributed by atoms with Crippen molar-refractivity contribution in [1.82, 2.24) is 5.32 Å². The van der Waals surface area contributed by atoms with Crippen molar-refractivity contribution in [1.29, 1.82) is 0 Å². The number of amides is 1. The molecule has 1 aliphatic heterocycles. The van der Waals surface area contributed by atoms with Gasteiger partial charge in [0.15, 0.2) is 9.84 Å². The largest absolute Gasteiger partial charge is 0.435 e. The maximum atomic E-state index is 12.0. The maximum absolute atomic E-state index is 12.0. The first-order valence-electron chi connectivity index (χ1n) is 5.92.